The molecule has 29 heavy (non-hydrogen) atoms. The van der Waals surface area contributed by atoms with E-state index in [1.54, 1.807) is 13.8 Å². The molecule has 3 rings (SSSR count). The van der Waals surface area contributed by atoms with E-state index in [2.05, 4.69) is 14.8 Å². The van der Waals surface area contributed by atoms with Crippen molar-refractivity contribution in [2.24, 2.45) is 0 Å². The summed E-state index contributed by atoms with van der Waals surface area (Å²) < 4.78 is 12.3. The third-order valence-corrected chi connectivity index (χ3v) is 5.97. The minimum Gasteiger partial charge on any atom is -0.465 e. The Labute approximate surface area is 175 Å². The summed E-state index contributed by atoms with van der Waals surface area (Å²) in [6.07, 6.45) is 5.54. The summed E-state index contributed by atoms with van der Waals surface area (Å²) in [5.41, 5.74) is 0.959. The Hall–Kier alpha value is -2.35. The van der Waals surface area contributed by atoms with Gasteiger partial charge in [-0.15, -0.1) is 10.2 Å². The quantitative estimate of drug-likeness (QED) is 0.364. The Morgan fingerprint density at radius 3 is 2.24 bits per heavy atom. The molecule has 1 aromatic heterocycles. The van der Waals surface area contributed by atoms with Gasteiger partial charge >= 0.3 is 11.9 Å². The molecule has 0 unspecified atom stereocenters. The summed E-state index contributed by atoms with van der Waals surface area (Å²) in [4.78, 5) is 24.9. The zero-order valence-corrected chi connectivity index (χ0v) is 17.7. The molecule has 1 fully saturated rings. The molecule has 0 radical (unpaired) electrons. The second-order valence-corrected chi connectivity index (χ2v) is 7.91. The standard InChI is InChI=1S/C21H27N3O4S/c1-3-27-19(25)17(20(26)28-4-2)29-21-23-22-18(15-11-7-5-8-12-15)24(21)16-13-9-6-10-14-16/h5,7-8,11-12,16-17H,3-4,6,9-10,13-14H2,1-2H3. The number of carbonyl (C=O) groups is 2. The fraction of sp³-hybridized carbons (Fsp3) is 0.524. The molecule has 1 aliphatic carbocycles. The Bertz CT molecular complexity index is 801. The molecule has 1 aliphatic rings. The number of ether oxygens (including phenoxy) is 2. The largest absolute Gasteiger partial charge is 0.465 e. The minimum atomic E-state index is -1.12. The van der Waals surface area contributed by atoms with Crippen LogP contribution >= 0.6 is 11.8 Å². The van der Waals surface area contributed by atoms with E-state index in [1.165, 1.54) is 6.42 Å². The van der Waals surface area contributed by atoms with Crippen LogP contribution in [0.15, 0.2) is 35.5 Å². The van der Waals surface area contributed by atoms with Gasteiger partial charge in [-0.2, -0.15) is 0 Å². The molecule has 0 atom stereocenters. The highest BCUT2D eigenvalue weighted by atomic mass is 32.2. The summed E-state index contributed by atoms with van der Waals surface area (Å²) in [5, 5.41) is 8.19. The maximum absolute atomic E-state index is 12.4. The summed E-state index contributed by atoms with van der Waals surface area (Å²) in [6, 6.07) is 10.1. The highest BCUT2D eigenvalue weighted by Crippen LogP contribution is 2.37. The Morgan fingerprint density at radius 1 is 1.03 bits per heavy atom. The van der Waals surface area contributed by atoms with Crippen molar-refractivity contribution in [3.63, 3.8) is 0 Å². The zero-order valence-electron chi connectivity index (χ0n) is 16.9. The van der Waals surface area contributed by atoms with Crippen molar-refractivity contribution >= 4 is 23.7 Å². The van der Waals surface area contributed by atoms with Crippen LogP contribution in [0.4, 0.5) is 0 Å². The molecule has 0 bridgehead atoms. The third kappa shape index (κ3) is 5.18. The number of aromatic nitrogens is 3. The molecule has 1 aromatic carbocycles. The van der Waals surface area contributed by atoms with E-state index in [0.29, 0.717) is 5.16 Å². The first-order valence-electron chi connectivity index (χ1n) is 10.2. The highest BCUT2D eigenvalue weighted by molar-refractivity contribution is 8.01. The van der Waals surface area contributed by atoms with Crippen molar-refractivity contribution in [3.05, 3.63) is 30.3 Å². The summed E-state index contributed by atoms with van der Waals surface area (Å²) in [6.45, 7) is 3.81. The summed E-state index contributed by atoms with van der Waals surface area (Å²) in [5.74, 6) is -0.475. The number of benzene rings is 1. The maximum atomic E-state index is 12.4. The lowest BCUT2D eigenvalue weighted by molar-refractivity contribution is -0.152. The van der Waals surface area contributed by atoms with Gasteiger partial charge in [-0.3, -0.25) is 14.2 Å². The van der Waals surface area contributed by atoms with Crippen LogP contribution in [0, 0.1) is 0 Å². The molecule has 8 heteroatoms. The van der Waals surface area contributed by atoms with E-state index in [4.69, 9.17) is 9.47 Å². The van der Waals surface area contributed by atoms with Crippen molar-refractivity contribution in [1.82, 2.24) is 14.8 Å². The van der Waals surface area contributed by atoms with Gasteiger partial charge in [-0.25, -0.2) is 0 Å². The lowest BCUT2D eigenvalue weighted by atomic mass is 9.95. The number of hydrogen-bond acceptors (Lipinski definition) is 7. The molecule has 0 aliphatic heterocycles. The van der Waals surface area contributed by atoms with Crippen molar-refractivity contribution < 1.29 is 19.1 Å². The Balaban J connectivity index is 1.97. The van der Waals surface area contributed by atoms with Crippen molar-refractivity contribution in [2.45, 2.75) is 62.4 Å². The number of nitrogens with zero attached hydrogens (tertiary/aromatic N) is 3. The van der Waals surface area contributed by atoms with Crippen LogP contribution in [0.1, 0.15) is 52.0 Å². The van der Waals surface area contributed by atoms with E-state index >= 15 is 0 Å². The predicted molar refractivity (Wildman–Crippen MR) is 110 cm³/mol. The van der Waals surface area contributed by atoms with Crippen LogP contribution in [0.2, 0.25) is 0 Å². The smallest absolute Gasteiger partial charge is 0.331 e. The van der Waals surface area contributed by atoms with Gasteiger partial charge in [-0.05, 0) is 26.7 Å². The lowest BCUT2D eigenvalue weighted by Crippen LogP contribution is -2.31. The van der Waals surface area contributed by atoms with Gasteiger partial charge in [-0.1, -0.05) is 61.4 Å². The van der Waals surface area contributed by atoms with Gasteiger partial charge in [0.25, 0.3) is 0 Å². The molecule has 156 valence electrons. The average Bonchev–Trinajstić information content (AvgIpc) is 3.17. The topological polar surface area (TPSA) is 83.3 Å². The number of carbonyl (C=O) groups excluding carboxylic acids is 2. The van der Waals surface area contributed by atoms with Gasteiger partial charge in [0, 0.05) is 11.6 Å². The molecule has 7 nitrogen and oxygen atoms in total. The van der Waals surface area contributed by atoms with Crippen LogP contribution in [0.3, 0.4) is 0 Å². The van der Waals surface area contributed by atoms with Crippen LogP contribution in [0.25, 0.3) is 11.4 Å². The number of thioether (sulfide) groups is 1. The highest BCUT2D eigenvalue weighted by Gasteiger charge is 2.34. The van der Waals surface area contributed by atoms with Crippen LogP contribution in [-0.4, -0.2) is 45.2 Å². The minimum absolute atomic E-state index is 0.194. The summed E-state index contributed by atoms with van der Waals surface area (Å²) >= 11 is 1.06. The molecular formula is C21H27N3O4S. The first-order chi connectivity index (χ1) is 14.2. The van der Waals surface area contributed by atoms with Gasteiger partial charge < -0.3 is 9.47 Å². The maximum Gasteiger partial charge on any atom is 0.331 e. The third-order valence-electron chi connectivity index (χ3n) is 4.86. The second-order valence-electron chi connectivity index (χ2n) is 6.84. The lowest BCUT2D eigenvalue weighted by Gasteiger charge is -2.26. The fourth-order valence-corrected chi connectivity index (χ4v) is 4.52. The van der Waals surface area contributed by atoms with E-state index in [0.717, 1.165) is 48.8 Å². The molecule has 2 aromatic rings. The molecule has 1 heterocycles. The Morgan fingerprint density at radius 2 is 1.66 bits per heavy atom. The molecule has 0 amide bonds. The molecule has 1 saturated carbocycles. The molecular weight excluding hydrogens is 390 g/mol. The first-order valence-corrected chi connectivity index (χ1v) is 11.0. The molecule has 0 N–H and O–H groups in total. The SMILES string of the molecule is CCOC(=O)C(Sc1nnc(-c2ccccc2)n1C1CCCCC1)C(=O)OCC. The zero-order chi connectivity index (χ0) is 20.6. The monoisotopic (exact) mass is 417 g/mol. The van der Waals surface area contributed by atoms with Gasteiger partial charge in [0.2, 0.25) is 5.25 Å². The van der Waals surface area contributed by atoms with E-state index in [9.17, 15) is 9.59 Å². The van der Waals surface area contributed by atoms with Crippen LogP contribution < -0.4 is 0 Å². The molecule has 0 saturated heterocycles. The second kappa shape index (κ2) is 10.4. The fourth-order valence-electron chi connectivity index (χ4n) is 3.54. The predicted octanol–water partition coefficient (Wildman–Crippen LogP) is 4.04. The van der Waals surface area contributed by atoms with E-state index < -0.39 is 17.2 Å². The number of hydrogen-bond donors (Lipinski definition) is 0. The summed E-state index contributed by atoms with van der Waals surface area (Å²) in [7, 11) is 0. The van der Waals surface area contributed by atoms with Gasteiger partial charge in [0.15, 0.2) is 11.0 Å². The van der Waals surface area contributed by atoms with Crippen molar-refractivity contribution in [2.75, 3.05) is 13.2 Å². The number of rotatable bonds is 8. The van der Waals surface area contributed by atoms with Gasteiger partial charge in [0.1, 0.15) is 0 Å². The molecule has 0 spiro atoms. The van der Waals surface area contributed by atoms with Gasteiger partial charge in [0.05, 0.1) is 13.2 Å². The number of esters is 2. The average molecular weight is 418 g/mol. The normalized spacial score (nSPS) is 14.7. The van der Waals surface area contributed by atoms with Crippen LogP contribution in [-0.2, 0) is 19.1 Å². The van der Waals surface area contributed by atoms with Crippen molar-refractivity contribution in [3.8, 4) is 11.4 Å². The Kier molecular flexibility index (Phi) is 7.69. The van der Waals surface area contributed by atoms with E-state index in [-0.39, 0.29) is 19.3 Å². The van der Waals surface area contributed by atoms with Crippen LogP contribution in [0.5, 0.6) is 0 Å². The first kappa shape index (κ1) is 21.4. The van der Waals surface area contributed by atoms with E-state index in [1.807, 2.05) is 30.3 Å². The van der Waals surface area contributed by atoms with Crippen molar-refractivity contribution in [1.29, 1.82) is 0 Å².